The second kappa shape index (κ2) is 7.66. The van der Waals surface area contributed by atoms with Crippen LogP contribution in [0.4, 0.5) is 0 Å². The minimum atomic E-state index is -0.464. The van der Waals surface area contributed by atoms with Crippen LogP contribution in [0.1, 0.15) is 30.8 Å². The lowest BCUT2D eigenvalue weighted by molar-refractivity contribution is -0.0236. The Labute approximate surface area is 134 Å². The topological polar surface area (TPSA) is 82.9 Å². The predicted octanol–water partition coefficient (Wildman–Crippen LogP) is 0.970. The molecule has 1 amide bonds. The highest BCUT2D eigenvalue weighted by atomic mass is 16.7. The quantitative estimate of drug-likeness (QED) is 0.524. The van der Waals surface area contributed by atoms with Gasteiger partial charge in [-0.2, -0.15) is 5.10 Å². The number of ether oxygens (including phenoxy) is 3. The number of aromatic nitrogens is 2. The molecule has 23 heavy (non-hydrogen) atoms. The van der Waals surface area contributed by atoms with E-state index in [1.807, 2.05) is 6.92 Å². The molecular weight excluding hydrogens is 302 g/mol. The van der Waals surface area contributed by atoms with E-state index in [-0.39, 0.29) is 30.1 Å². The van der Waals surface area contributed by atoms with Crippen LogP contribution in [0.5, 0.6) is 5.75 Å². The van der Waals surface area contributed by atoms with Crippen LogP contribution in [-0.2, 0) is 16.0 Å². The smallest absolute Gasteiger partial charge is 0.276 e. The molecule has 0 fully saturated rings. The molecule has 0 spiro atoms. The normalized spacial score (nSPS) is 13.5. The summed E-state index contributed by atoms with van der Waals surface area (Å²) in [5, 5.41) is 3.99. The summed E-state index contributed by atoms with van der Waals surface area (Å²) in [6, 6.07) is 0. The number of carbonyl (C=O) groups excluding carboxylic acids is 1. The van der Waals surface area contributed by atoms with Gasteiger partial charge in [0.2, 0.25) is 18.0 Å². The molecule has 2 heterocycles. The van der Waals surface area contributed by atoms with E-state index in [9.17, 15) is 9.59 Å². The second-order valence-corrected chi connectivity index (χ2v) is 4.91. The standard InChI is InChI=1S/C15H21N3O5/c1-4-6-17-7-8-18-13(15(17)20)14(12(19)9-16-18)23-10-22-11(3)21-5-2/h9H,3-8,10H2,1-2H3. The van der Waals surface area contributed by atoms with E-state index in [1.54, 1.807) is 11.8 Å². The van der Waals surface area contributed by atoms with Crippen molar-refractivity contribution >= 4 is 5.91 Å². The van der Waals surface area contributed by atoms with E-state index >= 15 is 0 Å². The Bertz CT molecular complexity index is 640. The van der Waals surface area contributed by atoms with Crippen LogP contribution < -0.4 is 10.2 Å². The third kappa shape index (κ3) is 3.82. The number of carbonyl (C=O) groups is 1. The molecule has 0 radical (unpaired) electrons. The van der Waals surface area contributed by atoms with Gasteiger partial charge in [-0.25, -0.2) is 0 Å². The van der Waals surface area contributed by atoms with Crippen LogP contribution in [-0.4, -0.2) is 47.1 Å². The molecule has 8 heteroatoms. The average Bonchev–Trinajstić information content (AvgIpc) is 2.52. The summed E-state index contributed by atoms with van der Waals surface area (Å²) in [5.41, 5.74) is -0.309. The highest BCUT2D eigenvalue weighted by Crippen LogP contribution is 2.19. The van der Waals surface area contributed by atoms with E-state index in [0.29, 0.717) is 26.2 Å². The van der Waals surface area contributed by atoms with Crippen LogP contribution in [0.15, 0.2) is 23.5 Å². The van der Waals surface area contributed by atoms with Gasteiger partial charge >= 0.3 is 0 Å². The first-order valence-corrected chi connectivity index (χ1v) is 7.55. The number of nitrogens with zero attached hydrogens (tertiary/aromatic N) is 3. The minimum Gasteiger partial charge on any atom is -0.466 e. The van der Waals surface area contributed by atoms with Gasteiger partial charge in [-0.3, -0.25) is 14.3 Å². The van der Waals surface area contributed by atoms with Gasteiger partial charge < -0.3 is 19.1 Å². The van der Waals surface area contributed by atoms with Crippen LogP contribution in [0.3, 0.4) is 0 Å². The maximum absolute atomic E-state index is 12.5. The van der Waals surface area contributed by atoms with Crippen molar-refractivity contribution in [1.82, 2.24) is 14.7 Å². The fourth-order valence-electron chi connectivity index (χ4n) is 2.30. The summed E-state index contributed by atoms with van der Waals surface area (Å²) in [5.74, 6) is -0.230. The largest absolute Gasteiger partial charge is 0.466 e. The summed E-state index contributed by atoms with van der Waals surface area (Å²) in [4.78, 5) is 26.2. The monoisotopic (exact) mass is 323 g/mol. The Morgan fingerprint density at radius 1 is 1.30 bits per heavy atom. The highest BCUT2D eigenvalue weighted by molar-refractivity contribution is 5.95. The number of amides is 1. The molecule has 0 N–H and O–H groups in total. The van der Waals surface area contributed by atoms with Gasteiger partial charge in [-0.1, -0.05) is 6.92 Å². The first kappa shape index (κ1) is 16.9. The van der Waals surface area contributed by atoms with Crippen molar-refractivity contribution in [3.05, 3.63) is 34.6 Å². The Balaban J connectivity index is 2.18. The molecule has 0 aromatic carbocycles. The van der Waals surface area contributed by atoms with Crippen LogP contribution in [0.25, 0.3) is 0 Å². The summed E-state index contributed by atoms with van der Waals surface area (Å²) in [6.45, 7) is 9.17. The molecule has 0 bridgehead atoms. The maximum Gasteiger partial charge on any atom is 0.276 e. The van der Waals surface area contributed by atoms with Crippen molar-refractivity contribution in [2.24, 2.45) is 0 Å². The minimum absolute atomic E-state index is 0.0601. The predicted molar refractivity (Wildman–Crippen MR) is 82.0 cm³/mol. The van der Waals surface area contributed by atoms with E-state index in [4.69, 9.17) is 14.2 Å². The van der Waals surface area contributed by atoms with E-state index < -0.39 is 5.43 Å². The van der Waals surface area contributed by atoms with Crippen molar-refractivity contribution in [3.8, 4) is 5.75 Å². The molecule has 8 nitrogen and oxygen atoms in total. The average molecular weight is 323 g/mol. The molecule has 2 rings (SSSR count). The molecule has 1 aromatic heterocycles. The molecule has 1 aliphatic heterocycles. The number of fused-ring (bicyclic) bond motifs is 1. The van der Waals surface area contributed by atoms with E-state index in [0.717, 1.165) is 12.6 Å². The van der Waals surface area contributed by atoms with Gasteiger partial charge in [0.25, 0.3) is 11.9 Å². The fraction of sp³-hybridized carbons (Fsp3) is 0.533. The van der Waals surface area contributed by atoms with Crippen LogP contribution in [0, 0.1) is 0 Å². The van der Waals surface area contributed by atoms with Gasteiger partial charge in [0.15, 0.2) is 5.69 Å². The van der Waals surface area contributed by atoms with Crippen LogP contribution >= 0.6 is 0 Å². The Hall–Kier alpha value is -2.51. The lowest BCUT2D eigenvalue weighted by Gasteiger charge is -2.29. The summed E-state index contributed by atoms with van der Waals surface area (Å²) in [6.07, 6.45) is 1.97. The van der Waals surface area contributed by atoms with Crippen molar-refractivity contribution in [2.45, 2.75) is 26.8 Å². The lowest BCUT2D eigenvalue weighted by Crippen LogP contribution is -2.43. The van der Waals surface area contributed by atoms with Gasteiger partial charge in [-0.05, 0) is 19.9 Å². The first-order valence-electron chi connectivity index (χ1n) is 7.55. The van der Waals surface area contributed by atoms with Crippen LogP contribution in [0.2, 0.25) is 0 Å². The first-order chi connectivity index (χ1) is 11.1. The van der Waals surface area contributed by atoms with Gasteiger partial charge in [-0.15, -0.1) is 0 Å². The molecule has 0 unspecified atom stereocenters. The zero-order valence-corrected chi connectivity index (χ0v) is 13.4. The zero-order chi connectivity index (χ0) is 16.8. The molecular formula is C15H21N3O5. The van der Waals surface area contributed by atoms with E-state index in [2.05, 4.69) is 11.7 Å². The molecule has 1 aliphatic rings. The highest BCUT2D eigenvalue weighted by Gasteiger charge is 2.29. The van der Waals surface area contributed by atoms with Gasteiger partial charge in [0, 0.05) is 13.1 Å². The number of hydrogen-bond acceptors (Lipinski definition) is 6. The maximum atomic E-state index is 12.5. The zero-order valence-electron chi connectivity index (χ0n) is 13.4. The Morgan fingerprint density at radius 2 is 2.09 bits per heavy atom. The summed E-state index contributed by atoms with van der Waals surface area (Å²) in [7, 11) is 0. The number of hydrogen-bond donors (Lipinski definition) is 0. The van der Waals surface area contributed by atoms with Crippen molar-refractivity contribution in [3.63, 3.8) is 0 Å². The molecule has 0 saturated carbocycles. The van der Waals surface area contributed by atoms with E-state index in [1.165, 1.54) is 4.68 Å². The van der Waals surface area contributed by atoms with Crippen molar-refractivity contribution < 1.29 is 19.0 Å². The Morgan fingerprint density at radius 3 is 2.78 bits per heavy atom. The SMILES string of the molecule is C=C(OCC)OCOc1c2n(ncc1=O)CCN(CCC)C2=O. The third-order valence-electron chi connectivity index (χ3n) is 3.30. The van der Waals surface area contributed by atoms with Crippen molar-refractivity contribution in [1.29, 1.82) is 0 Å². The molecule has 0 aliphatic carbocycles. The third-order valence-corrected chi connectivity index (χ3v) is 3.30. The molecule has 126 valence electrons. The Kier molecular flexibility index (Phi) is 5.61. The molecule has 1 aromatic rings. The summed E-state index contributed by atoms with van der Waals surface area (Å²) < 4.78 is 17.0. The summed E-state index contributed by atoms with van der Waals surface area (Å²) >= 11 is 0. The van der Waals surface area contributed by atoms with Gasteiger partial charge in [0.05, 0.1) is 19.3 Å². The van der Waals surface area contributed by atoms with Crippen molar-refractivity contribution in [2.75, 3.05) is 26.5 Å². The number of rotatable bonds is 8. The molecule has 0 atom stereocenters. The second-order valence-electron chi connectivity index (χ2n) is 4.91. The van der Waals surface area contributed by atoms with Gasteiger partial charge in [0.1, 0.15) is 0 Å². The lowest BCUT2D eigenvalue weighted by atomic mass is 10.2. The molecule has 0 saturated heterocycles. The fourth-order valence-corrected chi connectivity index (χ4v) is 2.30.